The van der Waals surface area contributed by atoms with Crippen molar-refractivity contribution in [3.05, 3.63) is 48.0 Å². The van der Waals surface area contributed by atoms with E-state index in [1.54, 1.807) is 11.8 Å². The Morgan fingerprint density at radius 3 is 2.58 bits per heavy atom. The Morgan fingerprint density at radius 2 is 1.83 bits per heavy atom. The van der Waals surface area contributed by atoms with Gasteiger partial charge in [-0.15, -0.1) is 0 Å². The van der Waals surface area contributed by atoms with Crippen molar-refractivity contribution < 1.29 is 0 Å². The molecule has 0 amide bonds. The molecule has 24 heavy (non-hydrogen) atoms. The zero-order valence-corrected chi connectivity index (χ0v) is 14.7. The monoisotopic (exact) mass is 335 g/mol. The number of nitriles is 1. The highest BCUT2D eigenvalue weighted by molar-refractivity contribution is 7.99. The molecule has 1 saturated heterocycles. The minimum Gasteiger partial charge on any atom is -0.323 e. The number of anilines is 2. The van der Waals surface area contributed by atoms with Crippen LogP contribution in [0.1, 0.15) is 31.7 Å². The fourth-order valence-corrected chi connectivity index (χ4v) is 4.87. The summed E-state index contributed by atoms with van der Waals surface area (Å²) in [5.74, 6) is 0. The number of fused-ring (bicyclic) bond motifs is 2. The van der Waals surface area contributed by atoms with Gasteiger partial charge in [0.2, 0.25) is 0 Å². The number of hydrogen-bond donors (Lipinski definition) is 0. The van der Waals surface area contributed by atoms with Gasteiger partial charge in [0.15, 0.2) is 0 Å². The Bertz CT molecular complexity index is 790. The lowest BCUT2D eigenvalue weighted by atomic mass is 10.1. The normalized spacial score (nSPS) is 17.9. The Kier molecular flexibility index (Phi) is 4.22. The Balaban J connectivity index is 1.86. The maximum atomic E-state index is 9.34. The van der Waals surface area contributed by atoms with Gasteiger partial charge in [0.05, 0.1) is 29.2 Å². The Morgan fingerprint density at radius 1 is 1.08 bits per heavy atom. The second kappa shape index (κ2) is 6.51. The fourth-order valence-electron chi connectivity index (χ4n) is 3.82. The summed E-state index contributed by atoms with van der Waals surface area (Å²) >= 11 is 1.81. The molecule has 0 radical (unpaired) electrons. The molecule has 0 spiro atoms. The van der Waals surface area contributed by atoms with E-state index in [-0.39, 0.29) is 0 Å². The van der Waals surface area contributed by atoms with Gasteiger partial charge in [0.25, 0.3) is 0 Å². The number of likely N-dealkylation sites (tertiary alicyclic amines) is 1. The smallest absolute Gasteiger partial charge is 0.0992 e. The quantitative estimate of drug-likeness (QED) is 0.790. The van der Waals surface area contributed by atoms with Gasteiger partial charge in [-0.2, -0.15) is 5.26 Å². The van der Waals surface area contributed by atoms with E-state index >= 15 is 0 Å². The molecule has 0 N–H and O–H groups in total. The van der Waals surface area contributed by atoms with Crippen LogP contribution in [-0.4, -0.2) is 24.2 Å². The molecule has 122 valence electrons. The Hall–Kier alpha value is -1.96. The SMILES string of the molecule is CCC(N1CCCC1)N1c2ccccc2Sc2ccc(C#N)cc21. The molecule has 2 heterocycles. The van der Waals surface area contributed by atoms with Gasteiger partial charge >= 0.3 is 0 Å². The lowest BCUT2D eigenvalue weighted by Crippen LogP contribution is -2.45. The van der Waals surface area contributed by atoms with Crippen LogP contribution in [0.3, 0.4) is 0 Å². The average molecular weight is 335 g/mol. The summed E-state index contributed by atoms with van der Waals surface area (Å²) in [6.45, 7) is 4.59. The minimum absolute atomic E-state index is 0.349. The highest BCUT2D eigenvalue weighted by Gasteiger charge is 2.32. The van der Waals surface area contributed by atoms with E-state index in [4.69, 9.17) is 0 Å². The maximum Gasteiger partial charge on any atom is 0.0992 e. The van der Waals surface area contributed by atoms with Crippen molar-refractivity contribution >= 4 is 23.1 Å². The predicted molar refractivity (Wildman–Crippen MR) is 98.7 cm³/mol. The number of hydrogen-bond acceptors (Lipinski definition) is 4. The van der Waals surface area contributed by atoms with Crippen LogP contribution in [-0.2, 0) is 0 Å². The van der Waals surface area contributed by atoms with E-state index < -0.39 is 0 Å². The second-order valence-corrected chi connectivity index (χ2v) is 7.45. The molecule has 0 aromatic heterocycles. The molecule has 0 bridgehead atoms. The third-order valence-electron chi connectivity index (χ3n) is 4.92. The average Bonchev–Trinajstić information content (AvgIpc) is 3.15. The van der Waals surface area contributed by atoms with Crippen molar-refractivity contribution in [2.75, 3.05) is 18.0 Å². The molecule has 0 aliphatic carbocycles. The summed E-state index contributed by atoms with van der Waals surface area (Å²) < 4.78 is 0. The first-order valence-electron chi connectivity index (χ1n) is 8.66. The van der Waals surface area contributed by atoms with E-state index in [2.05, 4.69) is 59.2 Å². The van der Waals surface area contributed by atoms with Crippen molar-refractivity contribution in [1.82, 2.24) is 4.90 Å². The van der Waals surface area contributed by atoms with Crippen molar-refractivity contribution in [2.45, 2.75) is 42.1 Å². The van der Waals surface area contributed by atoms with E-state index in [1.807, 2.05) is 6.07 Å². The molecule has 2 aliphatic heterocycles. The molecular weight excluding hydrogens is 314 g/mol. The maximum absolute atomic E-state index is 9.34. The third kappa shape index (κ3) is 2.58. The van der Waals surface area contributed by atoms with Crippen molar-refractivity contribution in [2.24, 2.45) is 0 Å². The van der Waals surface area contributed by atoms with Gasteiger partial charge in [0, 0.05) is 22.9 Å². The van der Waals surface area contributed by atoms with Crippen LogP contribution in [0.2, 0.25) is 0 Å². The molecule has 1 fully saturated rings. The molecule has 1 unspecified atom stereocenters. The predicted octanol–water partition coefficient (Wildman–Crippen LogP) is 4.99. The zero-order chi connectivity index (χ0) is 16.5. The highest BCUT2D eigenvalue weighted by Crippen LogP contribution is 2.50. The van der Waals surface area contributed by atoms with E-state index in [9.17, 15) is 5.26 Å². The van der Waals surface area contributed by atoms with E-state index in [1.165, 1.54) is 34.0 Å². The third-order valence-corrected chi connectivity index (χ3v) is 6.05. The molecule has 2 aliphatic rings. The summed E-state index contributed by atoms with van der Waals surface area (Å²) in [7, 11) is 0. The van der Waals surface area contributed by atoms with Crippen LogP contribution in [0.15, 0.2) is 52.3 Å². The van der Waals surface area contributed by atoms with Crippen molar-refractivity contribution in [3.8, 4) is 6.07 Å². The highest BCUT2D eigenvalue weighted by atomic mass is 32.2. The van der Waals surface area contributed by atoms with Crippen molar-refractivity contribution in [1.29, 1.82) is 5.26 Å². The zero-order valence-electron chi connectivity index (χ0n) is 13.9. The van der Waals surface area contributed by atoms with Gasteiger partial charge < -0.3 is 4.90 Å². The lowest BCUT2D eigenvalue weighted by Gasteiger charge is -2.42. The molecule has 4 heteroatoms. The van der Waals surface area contributed by atoms with E-state index in [0.29, 0.717) is 6.17 Å². The van der Waals surface area contributed by atoms with Gasteiger partial charge in [-0.1, -0.05) is 30.8 Å². The van der Waals surface area contributed by atoms with Crippen LogP contribution in [0.25, 0.3) is 0 Å². The number of rotatable bonds is 3. The number of benzene rings is 2. The van der Waals surface area contributed by atoms with Gasteiger partial charge in [-0.3, -0.25) is 4.90 Å². The first kappa shape index (κ1) is 15.6. The number of para-hydroxylation sites is 1. The van der Waals surface area contributed by atoms with Gasteiger partial charge in [-0.25, -0.2) is 0 Å². The molecule has 0 saturated carbocycles. The summed E-state index contributed by atoms with van der Waals surface area (Å²) in [5, 5.41) is 9.34. The summed E-state index contributed by atoms with van der Waals surface area (Å²) in [6.07, 6.45) is 3.98. The molecule has 4 rings (SSSR count). The first-order chi connectivity index (χ1) is 11.8. The van der Waals surface area contributed by atoms with E-state index in [0.717, 1.165) is 25.1 Å². The van der Waals surface area contributed by atoms with Gasteiger partial charge in [-0.05, 0) is 49.6 Å². The molecule has 1 atom stereocenters. The van der Waals surface area contributed by atoms with Crippen molar-refractivity contribution in [3.63, 3.8) is 0 Å². The van der Waals surface area contributed by atoms with Crippen LogP contribution in [0.5, 0.6) is 0 Å². The molecule has 2 aromatic rings. The molecular formula is C20H21N3S. The first-order valence-corrected chi connectivity index (χ1v) is 9.48. The summed E-state index contributed by atoms with van der Waals surface area (Å²) in [4.78, 5) is 7.60. The summed E-state index contributed by atoms with van der Waals surface area (Å²) in [5.41, 5.74) is 3.18. The summed E-state index contributed by atoms with van der Waals surface area (Å²) in [6, 6.07) is 17.0. The molecule has 2 aromatic carbocycles. The molecule has 3 nitrogen and oxygen atoms in total. The standard InChI is InChI=1S/C20H21N3S/c1-2-20(22-11-5-6-12-22)23-16-7-3-4-8-18(16)24-19-10-9-15(14-21)13-17(19)23/h3-4,7-10,13,20H,2,5-6,11-12H2,1H3. The second-order valence-electron chi connectivity index (χ2n) is 6.37. The minimum atomic E-state index is 0.349. The fraction of sp³-hybridized carbons (Fsp3) is 0.350. The topological polar surface area (TPSA) is 30.3 Å². The largest absolute Gasteiger partial charge is 0.323 e. The van der Waals surface area contributed by atoms with Crippen LogP contribution in [0.4, 0.5) is 11.4 Å². The van der Waals surface area contributed by atoms with Crippen LogP contribution in [0, 0.1) is 11.3 Å². The van der Waals surface area contributed by atoms with Crippen LogP contribution < -0.4 is 4.90 Å². The lowest BCUT2D eigenvalue weighted by molar-refractivity contribution is 0.239. The van der Waals surface area contributed by atoms with Crippen LogP contribution >= 0.6 is 11.8 Å². The Labute approximate surface area is 147 Å². The number of nitrogens with zero attached hydrogens (tertiary/aromatic N) is 3. The van der Waals surface area contributed by atoms with Gasteiger partial charge in [0.1, 0.15) is 0 Å².